The number of aryl methyl sites for hydroxylation is 1. The zero-order valence-corrected chi connectivity index (χ0v) is 35.4. The fourth-order valence-electron chi connectivity index (χ4n) is 17.3. The molecule has 0 amide bonds. The summed E-state index contributed by atoms with van der Waals surface area (Å²) in [7, 11) is 0. The van der Waals surface area contributed by atoms with Crippen LogP contribution in [0.2, 0.25) is 0 Å². The molecule has 0 aromatic carbocycles. The molecule has 6 heteroatoms. The number of ketones is 2. The molecule has 8 aliphatic rings. The van der Waals surface area contributed by atoms with Gasteiger partial charge in [-0.05, 0) is 218 Å². The highest BCUT2D eigenvalue weighted by Crippen LogP contribution is 2.67. The van der Waals surface area contributed by atoms with Crippen LogP contribution in [0.4, 0.5) is 0 Å². The lowest BCUT2D eigenvalue weighted by molar-refractivity contribution is -0.134. The molecule has 1 aromatic rings. The van der Waals surface area contributed by atoms with Gasteiger partial charge in [-0.3, -0.25) is 14.3 Å². The molecule has 8 fully saturated rings. The molecule has 2 N–H and O–H groups in total. The van der Waals surface area contributed by atoms with Gasteiger partial charge in [0.15, 0.2) is 5.78 Å². The second kappa shape index (κ2) is 14.1. The summed E-state index contributed by atoms with van der Waals surface area (Å²) in [6.07, 6.45) is 23.1. The number of carbonyl (C=O) groups excluding carboxylic acids is 2. The third-order valence-electron chi connectivity index (χ3n) is 19.0. The predicted octanol–water partition coefficient (Wildman–Crippen LogP) is 9.87. The Morgan fingerprint density at radius 3 is 1.61 bits per heavy atom. The second-order valence-corrected chi connectivity index (χ2v) is 22.6. The molecule has 0 bridgehead atoms. The van der Waals surface area contributed by atoms with Crippen molar-refractivity contribution in [2.75, 3.05) is 0 Å². The molecule has 18 atom stereocenters. The molecule has 54 heavy (non-hydrogen) atoms. The van der Waals surface area contributed by atoms with Gasteiger partial charge in [0.1, 0.15) is 5.78 Å². The molecule has 302 valence electrons. The first kappa shape index (κ1) is 39.3. The zero-order chi connectivity index (χ0) is 38.5. The number of aliphatic hydroxyl groups is 2. The molecule has 8 aliphatic carbocycles. The minimum absolute atomic E-state index is 0.160. The number of carbonyl (C=O) groups is 2. The first-order valence-corrected chi connectivity index (χ1v) is 22.9. The van der Waals surface area contributed by atoms with Crippen LogP contribution in [0, 0.1) is 101 Å². The van der Waals surface area contributed by atoms with Crippen molar-refractivity contribution < 1.29 is 19.8 Å². The molecule has 6 nitrogen and oxygen atoms in total. The normalized spacial score (nSPS) is 52.0. The van der Waals surface area contributed by atoms with Crippen LogP contribution in [-0.2, 0) is 16.1 Å². The van der Waals surface area contributed by atoms with E-state index in [9.17, 15) is 19.8 Å². The minimum Gasteiger partial charge on any atom is -0.390 e. The molecular weight excluding hydrogens is 669 g/mol. The fourth-order valence-corrected chi connectivity index (χ4v) is 17.3. The van der Waals surface area contributed by atoms with E-state index < -0.39 is 11.2 Å². The van der Waals surface area contributed by atoms with E-state index in [0.717, 1.165) is 84.5 Å². The van der Waals surface area contributed by atoms with Gasteiger partial charge in [0.2, 0.25) is 0 Å². The highest BCUT2D eigenvalue weighted by molar-refractivity contribution is 5.82. The van der Waals surface area contributed by atoms with Gasteiger partial charge in [0.25, 0.3) is 0 Å². The Kier molecular flexibility index (Phi) is 10.3. The Bertz CT molecular complexity index is 1560. The number of aromatic nitrogens is 2. The van der Waals surface area contributed by atoms with Crippen LogP contribution < -0.4 is 0 Å². The molecular formula is C48H76N2O4. The van der Waals surface area contributed by atoms with Gasteiger partial charge in [0, 0.05) is 18.0 Å². The second-order valence-electron chi connectivity index (χ2n) is 22.6. The maximum atomic E-state index is 13.5. The molecule has 0 unspecified atom stereocenters. The maximum absolute atomic E-state index is 13.5. The van der Waals surface area contributed by atoms with Crippen LogP contribution in [-0.4, -0.2) is 42.8 Å². The van der Waals surface area contributed by atoms with E-state index in [1.807, 2.05) is 44.8 Å². The summed E-state index contributed by atoms with van der Waals surface area (Å²) in [5, 5.41) is 25.5. The monoisotopic (exact) mass is 745 g/mol. The van der Waals surface area contributed by atoms with Gasteiger partial charge in [-0.2, -0.15) is 5.10 Å². The van der Waals surface area contributed by atoms with E-state index in [1.165, 1.54) is 77.0 Å². The quantitative estimate of drug-likeness (QED) is 0.320. The van der Waals surface area contributed by atoms with Crippen molar-refractivity contribution in [2.24, 2.45) is 93.7 Å². The lowest BCUT2D eigenvalue weighted by atomic mass is 9.49. The van der Waals surface area contributed by atoms with Crippen LogP contribution in [0.15, 0.2) is 12.4 Å². The average Bonchev–Trinajstić information content (AvgIpc) is 3.71. The van der Waals surface area contributed by atoms with Crippen molar-refractivity contribution in [1.29, 1.82) is 0 Å². The van der Waals surface area contributed by atoms with E-state index in [2.05, 4.69) is 32.8 Å². The van der Waals surface area contributed by atoms with Crippen LogP contribution in [0.25, 0.3) is 0 Å². The van der Waals surface area contributed by atoms with Crippen molar-refractivity contribution >= 4 is 11.6 Å². The van der Waals surface area contributed by atoms with Crippen LogP contribution in [0.3, 0.4) is 0 Å². The Hall–Kier alpha value is -1.53. The third-order valence-corrected chi connectivity index (χ3v) is 19.0. The number of fused-ring (bicyclic) bond motifs is 10. The number of hydrogen-bond acceptors (Lipinski definition) is 5. The lowest BCUT2D eigenvalue weighted by Crippen LogP contribution is -2.51. The van der Waals surface area contributed by atoms with Crippen molar-refractivity contribution in [1.82, 2.24) is 9.78 Å². The largest absolute Gasteiger partial charge is 0.390 e. The molecule has 0 saturated heterocycles. The number of rotatable bonds is 4. The summed E-state index contributed by atoms with van der Waals surface area (Å²) in [6.45, 7) is 17.9. The summed E-state index contributed by atoms with van der Waals surface area (Å²) in [5.41, 5.74) is 0.682. The Morgan fingerprint density at radius 1 is 0.685 bits per heavy atom. The number of nitrogens with zero attached hydrogens (tertiary/aromatic N) is 2. The summed E-state index contributed by atoms with van der Waals surface area (Å²) in [6, 6.07) is 0. The maximum Gasteiger partial charge on any atom is 0.158 e. The zero-order valence-electron chi connectivity index (χ0n) is 35.4. The van der Waals surface area contributed by atoms with E-state index in [-0.39, 0.29) is 16.7 Å². The van der Waals surface area contributed by atoms with Gasteiger partial charge in [0.05, 0.1) is 23.9 Å². The van der Waals surface area contributed by atoms with Gasteiger partial charge >= 0.3 is 0 Å². The predicted molar refractivity (Wildman–Crippen MR) is 214 cm³/mol. The highest BCUT2D eigenvalue weighted by Gasteiger charge is 2.62. The summed E-state index contributed by atoms with van der Waals surface area (Å²) in [5.74, 6) is 10.3. The van der Waals surface area contributed by atoms with E-state index in [1.54, 1.807) is 0 Å². The Balaban J connectivity index is 0.000000157. The third kappa shape index (κ3) is 6.73. The van der Waals surface area contributed by atoms with Crippen LogP contribution >= 0.6 is 0 Å². The van der Waals surface area contributed by atoms with Crippen molar-refractivity contribution in [3.05, 3.63) is 18.0 Å². The average molecular weight is 745 g/mol. The van der Waals surface area contributed by atoms with E-state index >= 15 is 0 Å². The molecule has 1 heterocycles. The smallest absolute Gasteiger partial charge is 0.158 e. The standard InChI is InChI=1S/C26H40N2O2.C22H36O2/c1-16-13-27-28(14-16)15-23(29)24-17(2)11-22-21-6-5-18-12-25(3,30)9-7-19(18)20(21)8-10-26(22,24)4;1-13-11-19-18-6-5-15-12-21(3,24)9-7-16(15)17(18)8-10-22(19,4)20(13)14(2)23/h13-14,17-22,24,30H,5-12,15H2,1-4H3;13,15-20,24H,5-12H2,1-4H3/t17-,18-,19+,20-,21-,22+,24-,25-,26+;13-,15-,16+,17-,18-,19+,20-,21-,22+/m11/s1. The Morgan fingerprint density at radius 2 is 1.15 bits per heavy atom. The Labute approximate surface area is 327 Å². The fraction of sp³-hybridized carbons (Fsp3) is 0.896. The van der Waals surface area contributed by atoms with Crippen LogP contribution in [0.5, 0.6) is 0 Å². The highest BCUT2D eigenvalue weighted by atomic mass is 16.3. The minimum atomic E-state index is -0.443. The first-order valence-electron chi connectivity index (χ1n) is 22.9. The lowest BCUT2D eigenvalue weighted by Gasteiger charge is -2.56. The van der Waals surface area contributed by atoms with Gasteiger partial charge in [-0.25, -0.2) is 0 Å². The van der Waals surface area contributed by atoms with Gasteiger partial charge in [-0.1, -0.05) is 27.7 Å². The molecule has 1 aromatic heterocycles. The summed E-state index contributed by atoms with van der Waals surface area (Å²) < 4.78 is 1.84. The number of hydrogen-bond donors (Lipinski definition) is 2. The number of Topliss-reactive ketones (excluding diaryl/α,β-unsaturated/α-hetero) is 2. The first-order chi connectivity index (χ1) is 25.4. The van der Waals surface area contributed by atoms with Gasteiger partial charge in [-0.15, -0.1) is 0 Å². The molecule has 0 aliphatic heterocycles. The van der Waals surface area contributed by atoms with E-state index in [0.29, 0.717) is 41.8 Å². The molecule has 9 rings (SSSR count). The van der Waals surface area contributed by atoms with Crippen molar-refractivity contribution in [3.8, 4) is 0 Å². The molecule has 0 spiro atoms. The summed E-state index contributed by atoms with van der Waals surface area (Å²) >= 11 is 0. The SMILES string of the molecule is CC(=O)[C@H]1[C@H](C)C[C@H]2[C@@H]3CC[C@@H]4C[C@](C)(O)CC[C@@H]4[C@H]3CC[C@@]21C.Cc1cnn(CC(=O)[C@H]2[C@H](C)C[C@H]3[C@@H]4CC[C@@H]5C[C@](C)(O)CC[C@@H]5[C@H]4CC[C@@]32C)c1. The molecule has 0 radical (unpaired) electrons. The van der Waals surface area contributed by atoms with E-state index in [4.69, 9.17) is 0 Å². The molecule has 8 saturated carbocycles. The van der Waals surface area contributed by atoms with Crippen molar-refractivity contribution in [2.45, 2.75) is 176 Å². The van der Waals surface area contributed by atoms with Crippen molar-refractivity contribution in [3.63, 3.8) is 0 Å². The summed E-state index contributed by atoms with van der Waals surface area (Å²) in [4.78, 5) is 25.8. The van der Waals surface area contributed by atoms with Crippen LogP contribution in [0.1, 0.15) is 157 Å². The van der Waals surface area contributed by atoms with Gasteiger partial charge < -0.3 is 10.2 Å². The topological polar surface area (TPSA) is 92.4 Å².